The van der Waals surface area contributed by atoms with Gasteiger partial charge in [0.05, 0.1) is 10.6 Å². The highest BCUT2D eigenvalue weighted by molar-refractivity contribution is 6.32. The summed E-state index contributed by atoms with van der Waals surface area (Å²) in [5, 5.41) is 7.84. The first kappa shape index (κ1) is 14.0. The molecule has 0 saturated carbocycles. The molecule has 1 aliphatic heterocycles. The SMILES string of the molecule is CC1CCCN(C(=O)c2cnc(-n3cnnc3)c(Cl)c2)C1. The van der Waals surface area contributed by atoms with Crippen LogP contribution in [0.1, 0.15) is 30.1 Å². The fourth-order valence-electron chi connectivity index (χ4n) is 2.60. The van der Waals surface area contributed by atoms with E-state index in [2.05, 4.69) is 22.1 Å². The Balaban J connectivity index is 1.83. The largest absolute Gasteiger partial charge is 0.338 e. The van der Waals surface area contributed by atoms with Gasteiger partial charge in [0.15, 0.2) is 5.82 Å². The van der Waals surface area contributed by atoms with Crippen molar-refractivity contribution < 1.29 is 4.79 Å². The fraction of sp³-hybridized carbons (Fsp3) is 0.429. The van der Waals surface area contributed by atoms with Crippen LogP contribution >= 0.6 is 11.6 Å². The molecule has 6 nitrogen and oxygen atoms in total. The van der Waals surface area contributed by atoms with Crippen LogP contribution in [-0.4, -0.2) is 43.6 Å². The molecule has 1 aliphatic rings. The molecule has 2 aromatic rings. The second-order valence-corrected chi connectivity index (χ2v) is 5.80. The van der Waals surface area contributed by atoms with E-state index >= 15 is 0 Å². The molecule has 110 valence electrons. The summed E-state index contributed by atoms with van der Waals surface area (Å²) in [5.74, 6) is 1.05. The highest BCUT2D eigenvalue weighted by atomic mass is 35.5. The topological polar surface area (TPSA) is 63.9 Å². The van der Waals surface area contributed by atoms with Crippen molar-refractivity contribution in [2.75, 3.05) is 13.1 Å². The van der Waals surface area contributed by atoms with Gasteiger partial charge >= 0.3 is 0 Å². The number of carbonyl (C=O) groups is 1. The van der Waals surface area contributed by atoms with E-state index in [0.29, 0.717) is 22.3 Å². The van der Waals surface area contributed by atoms with Crippen LogP contribution in [0, 0.1) is 5.92 Å². The van der Waals surface area contributed by atoms with E-state index in [1.54, 1.807) is 16.8 Å². The molecule has 0 bridgehead atoms. The zero-order valence-corrected chi connectivity index (χ0v) is 12.5. The van der Waals surface area contributed by atoms with Gasteiger partial charge in [-0.2, -0.15) is 0 Å². The van der Waals surface area contributed by atoms with Crippen LogP contribution in [0.3, 0.4) is 0 Å². The Kier molecular flexibility index (Phi) is 3.88. The number of pyridine rings is 1. The summed E-state index contributed by atoms with van der Waals surface area (Å²) in [6, 6.07) is 1.66. The number of carbonyl (C=O) groups excluding carboxylic acids is 1. The molecule has 3 rings (SSSR count). The summed E-state index contributed by atoms with van der Waals surface area (Å²) in [6.45, 7) is 3.76. The Hall–Kier alpha value is -1.95. The van der Waals surface area contributed by atoms with Crippen molar-refractivity contribution in [2.24, 2.45) is 5.92 Å². The van der Waals surface area contributed by atoms with Crippen LogP contribution in [0.15, 0.2) is 24.9 Å². The van der Waals surface area contributed by atoms with Crippen LogP contribution in [-0.2, 0) is 0 Å². The van der Waals surface area contributed by atoms with E-state index in [-0.39, 0.29) is 5.91 Å². The average molecular weight is 306 g/mol. The molecule has 1 atom stereocenters. The summed E-state index contributed by atoms with van der Waals surface area (Å²) in [4.78, 5) is 18.6. The van der Waals surface area contributed by atoms with Gasteiger partial charge in [0.2, 0.25) is 0 Å². The first-order chi connectivity index (χ1) is 10.1. The Morgan fingerprint density at radius 2 is 2.14 bits per heavy atom. The van der Waals surface area contributed by atoms with Crippen molar-refractivity contribution >= 4 is 17.5 Å². The molecular weight excluding hydrogens is 290 g/mol. The maximum Gasteiger partial charge on any atom is 0.255 e. The molecule has 21 heavy (non-hydrogen) atoms. The van der Waals surface area contributed by atoms with Gasteiger partial charge in [0.25, 0.3) is 5.91 Å². The number of amides is 1. The first-order valence-electron chi connectivity index (χ1n) is 6.95. The molecule has 0 N–H and O–H groups in total. The van der Waals surface area contributed by atoms with E-state index in [1.807, 2.05) is 4.90 Å². The Morgan fingerprint density at radius 3 is 2.81 bits per heavy atom. The van der Waals surface area contributed by atoms with E-state index in [9.17, 15) is 4.79 Å². The van der Waals surface area contributed by atoms with Gasteiger partial charge in [-0.05, 0) is 24.8 Å². The second kappa shape index (κ2) is 5.81. The van der Waals surface area contributed by atoms with Gasteiger partial charge in [-0.15, -0.1) is 10.2 Å². The molecule has 1 fully saturated rings. The smallest absolute Gasteiger partial charge is 0.255 e. The molecule has 7 heteroatoms. The number of piperidine rings is 1. The molecule has 0 aromatic carbocycles. The molecule has 2 aromatic heterocycles. The van der Waals surface area contributed by atoms with Crippen LogP contribution in [0.25, 0.3) is 5.82 Å². The summed E-state index contributed by atoms with van der Waals surface area (Å²) in [6.07, 6.45) is 6.81. The minimum absolute atomic E-state index is 0.00810. The van der Waals surface area contributed by atoms with E-state index in [4.69, 9.17) is 11.6 Å². The number of aromatic nitrogens is 4. The lowest BCUT2D eigenvalue weighted by Gasteiger charge is -2.31. The van der Waals surface area contributed by atoms with E-state index in [1.165, 1.54) is 19.1 Å². The quantitative estimate of drug-likeness (QED) is 0.853. The zero-order chi connectivity index (χ0) is 14.8. The molecule has 1 unspecified atom stereocenters. The Morgan fingerprint density at radius 1 is 1.38 bits per heavy atom. The first-order valence-corrected chi connectivity index (χ1v) is 7.33. The molecule has 0 aliphatic carbocycles. The number of likely N-dealkylation sites (tertiary alicyclic amines) is 1. The predicted molar refractivity (Wildman–Crippen MR) is 78.5 cm³/mol. The van der Waals surface area contributed by atoms with Crippen LogP contribution in [0.2, 0.25) is 5.02 Å². The predicted octanol–water partition coefficient (Wildman–Crippen LogP) is 2.19. The molecule has 1 saturated heterocycles. The zero-order valence-electron chi connectivity index (χ0n) is 11.7. The molecule has 0 spiro atoms. The van der Waals surface area contributed by atoms with Crippen molar-refractivity contribution in [3.05, 3.63) is 35.5 Å². The lowest BCUT2D eigenvalue weighted by atomic mass is 10.00. The summed E-state index contributed by atoms with van der Waals surface area (Å²) >= 11 is 6.22. The van der Waals surface area contributed by atoms with Gasteiger partial charge in [-0.1, -0.05) is 18.5 Å². The van der Waals surface area contributed by atoms with Gasteiger partial charge in [0.1, 0.15) is 12.7 Å². The standard InChI is InChI=1S/C14H16ClN5O/c1-10-3-2-4-19(7-10)14(21)11-5-12(15)13(16-6-11)20-8-17-18-9-20/h5-6,8-10H,2-4,7H2,1H3. The van der Waals surface area contributed by atoms with Crippen molar-refractivity contribution in [2.45, 2.75) is 19.8 Å². The third-order valence-corrected chi connectivity index (χ3v) is 3.95. The Labute approximate surface area is 127 Å². The molecular formula is C14H16ClN5O. The number of hydrogen-bond donors (Lipinski definition) is 0. The lowest BCUT2D eigenvalue weighted by Crippen LogP contribution is -2.39. The van der Waals surface area contributed by atoms with Crippen LogP contribution in [0.4, 0.5) is 0 Å². The number of rotatable bonds is 2. The maximum absolute atomic E-state index is 12.5. The molecule has 0 radical (unpaired) electrons. The van der Waals surface area contributed by atoms with Crippen molar-refractivity contribution in [1.82, 2.24) is 24.6 Å². The van der Waals surface area contributed by atoms with Gasteiger partial charge < -0.3 is 4.90 Å². The van der Waals surface area contributed by atoms with Crippen LogP contribution in [0.5, 0.6) is 0 Å². The summed E-state index contributed by atoms with van der Waals surface area (Å²) < 4.78 is 1.61. The van der Waals surface area contributed by atoms with Gasteiger partial charge in [0, 0.05) is 19.3 Å². The highest BCUT2D eigenvalue weighted by Gasteiger charge is 2.23. The van der Waals surface area contributed by atoms with Crippen LogP contribution < -0.4 is 0 Å². The van der Waals surface area contributed by atoms with E-state index in [0.717, 1.165) is 19.5 Å². The third kappa shape index (κ3) is 2.90. The monoisotopic (exact) mass is 305 g/mol. The Bertz CT molecular complexity index is 643. The normalized spacial score (nSPS) is 18.8. The molecule has 3 heterocycles. The number of hydrogen-bond acceptors (Lipinski definition) is 4. The minimum atomic E-state index is -0.00810. The molecule has 1 amide bonds. The van der Waals surface area contributed by atoms with E-state index < -0.39 is 0 Å². The second-order valence-electron chi connectivity index (χ2n) is 5.40. The highest BCUT2D eigenvalue weighted by Crippen LogP contribution is 2.22. The lowest BCUT2D eigenvalue weighted by molar-refractivity contribution is 0.0682. The minimum Gasteiger partial charge on any atom is -0.338 e. The number of halogens is 1. The van der Waals surface area contributed by atoms with Crippen molar-refractivity contribution in [3.8, 4) is 5.82 Å². The third-order valence-electron chi connectivity index (χ3n) is 3.68. The van der Waals surface area contributed by atoms with Gasteiger partial charge in [-0.3, -0.25) is 9.36 Å². The average Bonchev–Trinajstić information content (AvgIpc) is 3.00. The van der Waals surface area contributed by atoms with Crippen molar-refractivity contribution in [1.29, 1.82) is 0 Å². The van der Waals surface area contributed by atoms with Gasteiger partial charge in [-0.25, -0.2) is 4.98 Å². The van der Waals surface area contributed by atoms with Crippen molar-refractivity contribution in [3.63, 3.8) is 0 Å². The number of nitrogens with zero attached hydrogens (tertiary/aromatic N) is 5. The fourth-order valence-corrected chi connectivity index (χ4v) is 2.87. The summed E-state index contributed by atoms with van der Waals surface area (Å²) in [5.41, 5.74) is 0.519. The summed E-state index contributed by atoms with van der Waals surface area (Å²) in [7, 11) is 0. The maximum atomic E-state index is 12.5.